The zero-order valence-corrected chi connectivity index (χ0v) is 38.8. The van der Waals surface area contributed by atoms with Gasteiger partial charge in [0.25, 0.3) is 5.75 Å². The first-order valence-electron chi connectivity index (χ1n) is 22.4. The molecule has 360 valence electrons. The van der Waals surface area contributed by atoms with Crippen LogP contribution in [0.5, 0.6) is 17.2 Å². The molecule has 0 amide bonds. The van der Waals surface area contributed by atoms with Crippen LogP contribution in [0.25, 0.3) is 11.0 Å². The van der Waals surface area contributed by atoms with Gasteiger partial charge in [-0.1, -0.05) is 90.0 Å². The Morgan fingerprint density at radius 1 is 0.586 bits per heavy atom. The predicted molar refractivity (Wildman–Crippen MR) is 255 cm³/mol. The van der Waals surface area contributed by atoms with E-state index in [0.29, 0.717) is 0 Å². The number of hydrogen-bond donors (Lipinski definition) is 0. The van der Waals surface area contributed by atoms with E-state index in [9.17, 15) is 28.8 Å². The third-order valence-electron chi connectivity index (χ3n) is 10.8. The molecule has 7 rings (SSSR count). The van der Waals surface area contributed by atoms with E-state index < -0.39 is 78.5 Å². The Balaban J connectivity index is 1.30. The van der Waals surface area contributed by atoms with Crippen molar-refractivity contribution in [3.8, 4) is 17.2 Å². The summed E-state index contributed by atoms with van der Waals surface area (Å²) in [5.74, 6) is -4.75. The fourth-order valence-corrected chi connectivity index (χ4v) is 7.30. The highest BCUT2D eigenvalue weighted by Crippen LogP contribution is 2.37. The van der Waals surface area contributed by atoms with Gasteiger partial charge in [-0.3, -0.25) is 4.79 Å². The van der Waals surface area contributed by atoms with Crippen molar-refractivity contribution >= 4 is 40.8 Å². The first kappa shape index (κ1) is 49.6. The molecule has 0 spiro atoms. The summed E-state index contributed by atoms with van der Waals surface area (Å²) in [6.45, 7) is 6.56. The standard InChI is InChI=1S/C55H50O15/c1-34(2)18-17-19-35(3)30-31-62-45-42-29-28-41(32-43(42)66-54(61)48(45)64-36(4)56)65-55-49(70-53(60)40-26-15-8-16-27-40)47(69-52(59)39-24-13-7-14-25-39)46(68-51(58)38-22-11-6-12-23-38)44(67-55)33-63-50(57)37-20-9-5-10-21-37/h5-16,18,20-30,32,44,46-47,49,55H,17,19,31,33H2,1-4H3/t44-,46-,47+,49+,55+/m1/s1. The summed E-state index contributed by atoms with van der Waals surface area (Å²) in [7, 11) is 0. The minimum atomic E-state index is -1.71. The number of esters is 5. The summed E-state index contributed by atoms with van der Waals surface area (Å²) < 4.78 is 54.1. The van der Waals surface area contributed by atoms with Gasteiger partial charge in [0.2, 0.25) is 12.4 Å². The van der Waals surface area contributed by atoms with E-state index in [1.165, 1.54) is 60.2 Å². The van der Waals surface area contributed by atoms with Crippen LogP contribution in [0.2, 0.25) is 0 Å². The van der Waals surface area contributed by atoms with E-state index in [4.69, 9.17) is 42.3 Å². The highest BCUT2D eigenvalue weighted by Gasteiger charge is 2.54. The molecule has 5 atom stereocenters. The monoisotopic (exact) mass is 950 g/mol. The van der Waals surface area contributed by atoms with Gasteiger partial charge in [-0.2, -0.15) is 0 Å². The van der Waals surface area contributed by atoms with Crippen molar-refractivity contribution in [2.45, 2.75) is 71.2 Å². The lowest BCUT2D eigenvalue weighted by Gasteiger charge is -2.44. The SMILES string of the molecule is CC(=O)Oc1c(OCC=C(C)CCC=C(C)C)c2ccc(O[C@H]3O[C@H](COC(=O)c4ccccc4)[C@@H](OC(=O)c4ccccc4)[C@H](OC(=O)c4ccccc4)[C@@H]3OC(=O)c3ccccc3)cc2oc1=O. The smallest absolute Gasteiger partial charge is 0.383 e. The highest BCUT2D eigenvalue weighted by atomic mass is 16.7. The third kappa shape index (κ3) is 13.0. The van der Waals surface area contributed by atoms with Crippen molar-refractivity contribution in [2.75, 3.05) is 13.2 Å². The normalized spacial score (nSPS) is 17.6. The van der Waals surface area contributed by atoms with E-state index in [0.717, 1.165) is 25.3 Å². The highest BCUT2D eigenvalue weighted by molar-refractivity contribution is 5.92. The van der Waals surface area contributed by atoms with E-state index in [1.54, 1.807) is 84.9 Å². The summed E-state index contributed by atoms with van der Waals surface area (Å²) in [6.07, 6.45) is -2.62. The molecule has 0 N–H and O–H groups in total. The molecule has 0 radical (unpaired) electrons. The number of allylic oxidation sites excluding steroid dienone is 3. The quantitative estimate of drug-likeness (QED) is 0.0343. The molecule has 0 unspecified atom stereocenters. The summed E-state index contributed by atoms with van der Waals surface area (Å²) >= 11 is 0. The summed E-state index contributed by atoms with van der Waals surface area (Å²) in [6, 6.07) is 36.2. The first-order valence-corrected chi connectivity index (χ1v) is 22.4. The van der Waals surface area contributed by atoms with Crippen LogP contribution >= 0.6 is 0 Å². The lowest BCUT2D eigenvalue weighted by atomic mass is 9.97. The van der Waals surface area contributed by atoms with Gasteiger partial charge in [0.05, 0.1) is 27.6 Å². The molecule has 5 aromatic carbocycles. The molecule has 1 aliphatic heterocycles. The van der Waals surface area contributed by atoms with Gasteiger partial charge in [-0.25, -0.2) is 24.0 Å². The van der Waals surface area contributed by atoms with E-state index in [2.05, 4.69) is 6.08 Å². The molecule has 0 aliphatic carbocycles. The number of carbonyl (C=O) groups is 5. The van der Waals surface area contributed by atoms with Crippen LogP contribution in [-0.4, -0.2) is 73.8 Å². The maximum Gasteiger partial charge on any atom is 0.383 e. The zero-order chi connectivity index (χ0) is 49.6. The lowest BCUT2D eigenvalue weighted by Crippen LogP contribution is -2.63. The molecule has 6 aromatic rings. The number of ether oxygens (including phenoxy) is 8. The largest absolute Gasteiger partial charge is 0.485 e. The summed E-state index contributed by atoms with van der Waals surface area (Å²) in [5.41, 5.74) is 1.66. The van der Waals surface area contributed by atoms with E-state index in [1.807, 2.05) is 26.8 Å². The molecule has 15 heteroatoms. The van der Waals surface area contributed by atoms with Crippen molar-refractivity contribution in [1.29, 1.82) is 0 Å². The Bertz CT molecular complexity index is 2910. The van der Waals surface area contributed by atoms with Crippen LogP contribution < -0.4 is 19.8 Å². The fraction of sp³-hybridized carbons (Fsp3) is 0.236. The molecule has 1 aliphatic rings. The summed E-state index contributed by atoms with van der Waals surface area (Å²) in [5, 5.41) is 0.226. The lowest BCUT2D eigenvalue weighted by molar-refractivity contribution is -0.275. The first-order chi connectivity index (χ1) is 33.8. The number of carbonyl (C=O) groups excluding carboxylic acids is 5. The van der Waals surface area contributed by atoms with Gasteiger partial charge < -0.3 is 42.3 Å². The van der Waals surface area contributed by atoms with Crippen molar-refractivity contribution in [3.63, 3.8) is 0 Å². The predicted octanol–water partition coefficient (Wildman–Crippen LogP) is 9.43. The molecule has 70 heavy (non-hydrogen) atoms. The van der Waals surface area contributed by atoms with Crippen molar-refractivity contribution in [2.24, 2.45) is 0 Å². The van der Waals surface area contributed by atoms with E-state index in [-0.39, 0.29) is 51.3 Å². The Hall–Kier alpha value is -8.30. The molecular weight excluding hydrogens is 901 g/mol. The second-order valence-corrected chi connectivity index (χ2v) is 16.3. The molecule has 0 bridgehead atoms. The average molecular weight is 951 g/mol. The van der Waals surface area contributed by atoms with Crippen LogP contribution in [0.4, 0.5) is 0 Å². The minimum absolute atomic E-state index is 0.0193. The van der Waals surface area contributed by atoms with Gasteiger partial charge in [0.1, 0.15) is 30.7 Å². The fourth-order valence-electron chi connectivity index (χ4n) is 7.30. The number of fused-ring (bicyclic) bond motifs is 1. The van der Waals surface area contributed by atoms with Gasteiger partial charge in [-0.15, -0.1) is 0 Å². The van der Waals surface area contributed by atoms with Gasteiger partial charge >= 0.3 is 35.5 Å². The Kier molecular flexibility index (Phi) is 16.7. The van der Waals surface area contributed by atoms with Crippen LogP contribution in [0.3, 0.4) is 0 Å². The molecule has 1 fully saturated rings. The molecule has 2 heterocycles. The molecule has 15 nitrogen and oxygen atoms in total. The molecule has 1 aromatic heterocycles. The van der Waals surface area contributed by atoms with Gasteiger partial charge in [0.15, 0.2) is 18.0 Å². The van der Waals surface area contributed by atoms with Crippen molar-refractivity contribution < 1.29 is 66.3 Å². The van der Waals surface area contributed by atoms with Crippen molar-refractivity contribution in [3.05, 3.63) is 195 Å². The minimum Gasteiger partial charge on any atom is -0.485 e. The van der Waals surface area contributed by atoms with E-state index >= 15 is 0 Å². The number of benzene rings is 5. The molecule has 0 saturated carbocycles. The van der Waals surface area contributed by atoms with Crippen LogP contribution in [-0.2, 0) is 28.5 Å². The molecular formula is C55H50O15. The Labute approximate surface area is 403 Å². The Morgan fingerprint density at radius 3 is 1.63 bits per heavy atom. The second-order valence-electron chi connectivity index (χ2n) is 16.3. The number of hydrogen-bond acceptors (Lipinski definition) is 15. The average Bonchev–Trinajstić information content (AvgIpc) is 3.36. The molecule has 1 saturated heterocycles. The maximum absolute atomic E-state index is 14.1. The van der Waals surface area contributed by atoms with Gasteiger partial charge in [0, 0.05) is 13.0 Å². The third-order valence-corrected chi connectivity index (χ3v) is 10.8. The van der Waals surface area contributed by atoms with Crippen LogP contribution in [0, 0.1) is 0 Å². The number of rotatable bonds is 18. The van der Waals surface area contributed by atoms with Gasteiger partial charge in [-0.05, 0) is 100 Å². The topological polar surface area (TPSA) is 189 Å². The van der Waals surface area contributed by atoms with Crippen LogP contribution in [0.15, 0.2) is 172 Å². The summed E-state index contributed by atoms with van der Waals surface area (Å²) in [4.78, 5) is 81.0. The van der Waals surface area contributed by atoms with Crippen molar-refractivity contribution in [1.82, 2.24) is 0 Å². The Morgan fingerprint density at radius 2 is 1.10 bits per heavy atom. The zero-order valence-electron chi connectivity index (χ0n) is 38.8. The van der Waals surface area contributed by atoms with Crippen LogP contribution in [0.1, 0.15) is 82.0 Å². The maximum atomic E-state index is 14.1. The second kappa shape index (κ2) is 23.6.